The molecule has 18 heteroatoms. The summed E-state index contributed by atoms with van der Waals surface area (Å²) in [5, 5.41) is 28.1. The first-order valence-corrected chi connectivity index (χ1v) is 16.9. The van der Waals surface area contributed by atoms with Crippen molar-refractivity contribution in [1.29, 1.82) is 0 Å². The van der Waals surface area contributed by atoms with Crippen LogP contribution in [0.1, 0.15) is 67.5 Å². The highest BCUT2D eigenvalue weighted by molar-refractivity contribution is 7.54. The Balaban J connectivity index is 1.94. The number of rotatable bonds is 17. The van der Waals surface area contributed by atoms with Gasteiger partial charge in [-0.25, -0.2) is 15.2 Å². The minimum absolute atomic E-state index is 0.0100. The average molecular weight is 674 g/mol. The molecule has 1 unspecified atom stereocenters. The van der Waals surface area contributed by atoms with Gasteiger partial charge in [-0.15, -0.1) is 0 Å². The van der Waals surface area contributed by atoms with Crippen LogP contribution in [0.25, 0.3) is 11.2 Å². The van der Waals surface area contributed by atoms with E-state index in [0.29, 0.717) is 0 Å². The van der Waals surface area contributed by atoms with Crippen LogP contribution in [0.4, 0.5) is 5.95 Å². The Bertz CT molecular complexity index is 1350. The van der Waals surface area contributed by atoms with Crippen molar-refractivity contribution in [3.8, 4) is 5.88 Å². The number of aromatic nitrogens is 4. The SMILES string of the molecule is CCOC(=O)[C@H](CC(C)C)NP(=O)(N[C@@H](CC(C)C)C(=O)OCC)OC[C@H]1O[C@@H](n2cnc3c(OC)nc(N)nc32)[C@@](C)(O)C1O. The van der Waals surface area contributed by atoms with E-state index in [-0.39, 0.29) is 60.9 Å². The highest BCUT2D eigenvalue weighted by Crippen LogP contribution is 2.45. The van der Waals surface area contributed by atoms with E-state index in [0.717, 1.165) is 0 Å². The van der Waals surface area contributed by atoms with Gasteiger partial charge in [0.15, 0.2) is 17.4 Å². The number of esters is 2. The minimum atomic E-state index is -4.30. The fourth-order valence-corrected chi connectivity index (χ4v) is 6.95. The largest absolute Gasteiger partial charge is 0.479 e. The Labute approximate surface area is 268 Å². The second-order valence-electron chi connectivity index (χ2n) is 12.1. The molecule has 46 heavy (non-hydrogen) atoms. The van der Waals surface area contributed by atoms with Crippen LogP contribution in [0.3, 0.4) is 0 Å². The molecule has 0 aromatic carbocycles. The number of nitrogen functional groups attached to an aromatic ring is 1. The number of nitrogens with two attached hydrogens (primary N) is 1. The van der Waals surface area contributed by atoms with Crippen LogP contribution in [0.5, 0.6) is 5.88 Å². The molecule has 1 aliphatic heterocycles. The lowest BCUT2D eigenvalue weighted by molar-refractivity contribution is -0.146. The maximum atomic E-state index is 14.5. The van der Waals surface area contributed by atoms with Gasteiger partial charge in [0.25, 0.3) is 0 Å². The summed E-state index contributed by atoms with van der Waals surface area (Å²) in [4.78, 5) is 38.2. The van der Waals surface area contributed by atoms with Crippen LogP contribution in [0, 0.1) is 11.8 Å². The van der Waals surface area contributed by atoms with Crippen molar-refractivity contribution in [2.45, 2.75) is 97.4 Å². The fraction of sp³-hybridized carbons (Fsp3) is 0.750. The third-order valence-electron chi connectivity index (χ3n) is 7.24. The number of carbonyl (C=O) groups is 2. The number of hydrogen-bond acceptors (Lipinski definition) is 14. The normalized spacial score (nSPS) is 23.2. The van der Waals surface area contributed by atoms with E-state index in [1.54, 1.807) is 13.8 Å². The Kier molecular flexibility index (Phi) is 12.9. The van der Waals surface area contributed by atoms with E-state index in [2.05, 4.69) is 25.1 Å². The third kappa shape index (κ3) is 8.91. The summed E-state index contributed by atoms with van der Waals surface area (Å²) < 4.78 is 43.5. The lowest BCUT2D eigenvalue weighted by atomic mass is 9.96. The summed E-state index contributed by atoms with van der Waals surface area (Å²) in [6, 6.07) is -2.13. The summed E-state index contributed by atoms with van der Waals surface area (Å²) in [6.45, 7) is 11.8. The first kappa shape index (κ1) is 37.5. The molecular formula is C28H48N7O10P. The van der Waals surface area contributed by atoms with Gasteiger partial charge >= 0.3 is 19.6 Å². The lowest BCUT2D eigenvalue weighted by Gasteiger charge is -2.30. The molecule has 0 amide bonds. The number of anilines is 1. The predicted octanol–water partition coefficient (Wildman–Crippen LogP) is 1.69. The van der Waals surface area contributed by atoms with Crippen molar-refractivity contribution in [1.82, 2.24) is 29.7 Å². The zero-order chi connectivity index (χ0) is 34.4. The van der Waals surface area contributed by atoms with Gasteiger partial charge in [0, 0.05) is 0 Å². The smallest absolute Gasteiger partial charge is 0.342 e. The Hall–Kier alpha value is -2.92. The van der Waals surface area contributed by atoms with Crippen molar-refractivity contribution in [3.63, 3.8) is 0 Å². The first-order valence-electron chi connectivity index (χ1n) is 15.3. The number of fused-ring (bicyclic) bond motifs is 1. The summed E-state index contributed by atoms with van der Waals surface area (Å²) in [7, 11) is -2.91. The molecule has 1 fully saturated rings. The van der Waals surface area contributed by atoms with Crippen LogP contribution >= 0.6 is 7.67 Å². The molecule has 0 radical (unpaired) electrons. The molecule has 0 spiro atoms. The van der Waals surface area contributed by atoms with Crippen molar-refractivity contribution in [2.75, 3.05) is 32.7 Å². The molecule has 3 heterocycles. The quantitative estimate of drug-likeness (QED) is 0.119. The summed E-state index contributed by atoms with van der Waals surface area (Å²) >= 11 is 0. The average Bonchev–Trinajstić information content (AvgIpc) is 3.47. The summed E-state index contributed by atoms with van der Waals surface area (Å²) in [5.41, 5.74) is 4.34. The molecule has 0 saturated carbocycles. The lowest BCUT2D eigenvalue weighted by Crippen LogP contribution is -2.47. The standard InChI is InChI=1S/C28H48N7O10P/c1-9-42-24(37)17(11-15(3)4)33-46(40,34-18(12-16(5)6)25(38)43-10-2)44-13-19-21(36)28(7,39)26(45-19)35-14-30-20-22(35)31-27(29)32-23(20)41-8/h14-19,21,26,36,39H,9-13H2,1-8H3,(H2,29,31,32)(H2,33,34,40)/t17-,18-,19+,21?,26+,28-/m0/s1. The monoisotopic (exact) mass is 673 g/mol. The molecule has 3 rings (SSSR count). The van der Waals surface area contributed by atoms with E-state index < -0.39 is 62.3 Å². The van der Waals surface area contributed by atoms with Gasteiger partial charge in [-0.2, -0.15) is 9.97 Å². The topological polar surface area (TPSA) is 232 Å². The molecule has 260 valence electrons. The molecule has 6 atom stereocenters. The van der Waals surface area contributed by atoms with E-state index in [9.17, 15) is 24.4 Å². The van der Waals surface area contributed by atoms with Gasteiger partial charge in [-0.05, 0) is 45.4 Å². The van der Waals surface area contributed by atoms with Crippen LogP contribution in [-0.2, 0) is 32.9 Å². The molecule has 6 N–H and O–H groups in total. The number of ether oxygens (including phenoxy) is 4. The molecule has 0 bridgehead atoms. The molecular weight excluding hydrogens is 625 g/mol. The predicted molar refractivity (Wildman–Crippen MR) is 166 cm³/mol. The van der Waals surface area contributed by atoms with E-state index in [1.165, 1.54) is 24.9 Å². The van der Waals surface area contributed by atoms with Crippen molar-refractivity contribution >= 4 is 36.7 Å². The zero-order valence-corrected chi connectivity index (χ0v) is 28.5. The van der Waals surface area contributed by atoms with Gasteiger partial charge in [0.05, 0.1) is 33.3 Å². The number of aliphatic hydroxyl groups is 2. The number of methoxy groups -OCH3 is 1. The summed E-state index contributed by atoms with van der Waals surface area (Å²) in [5.74, 6) is -1.33. The van der Waals surface area contributed by atoms with E-state index >= 15 is 0 Å². The molecule has 1 aliphatic rings. The van der Waals surface area contributed by atoms with Crippen molar-refractivity contribution < 1.29 is 47.8 Å². The second kappa shape index (κ2) is 15.8. The molecule has 0 aliphatic carbocycles. The second-order valence-corrected chi connectivity index (χ2v) is 14.0. The molecule has 2 aromatic heterocycles. The van der Waals surface area contributed by atoms with Crippen molar-refractivity contribution in [2.24, 2.45) is 11.8 Å². The van der Waals surface area contributed by atoms with Crippen LogP contribution in [0.2, 0.25) is 0 Å². The highest BCUT2D eigenvalue weighted by Gasteiger charge is 2.54. The van der Waals surface area contributed by atoms with E-state index in [1.807, 2.05) is 27.7 Å². The van der Waals surface area contributed by atoms with Gasteiger partial charge in [0.1, 0.15) is 29.9 Å². The highest BCUT2D eigenvalue weighted by atomic mass is 31.2. The van der Waals surface area contributed by atoms with Gasteiger partial charge in [-0.1, -0.05) is 27.7 Å². The molecule has 2 aromatic rings. The Morgan fingerprint density at radius 2 is 1.63 bits per heavy atom. The number of hydrogen-bond donors (Lipinski definition) is 5. The van der Waals surface area contributed by atoms with Gasteiger partial charge in [-0.3, -0.25) is 18.7 Å². The third-order valence-corrected chi connectivity index (χ3v) is 9.05. The van der Waals surface area contributed by atoms with Gasteiger partial charge < -0.3 is 39.4 Å². The Morgan fingerprint density at radius 3 is 2.11 bits per heavy atom. The van der Waals surface area contributed by atoms with Crippen LogP contribution in [-0.4, -0.2) is 98.5 Å². The molecule has 1 saturated heterocycles. The number of aliphatic hydroxyl groups excluding tert-OH is 1. The number of nitrogens with zero attached hydrogens (tertiary/aromatic N) is 4. The first-order chi connectivity index (χ1) is 21.6. The van der Waals surface area contributed by atoms with Crippen molar-refractivity contribution in [3.05, 3.63) is 6.33 Å². The zero-order valence-electron chi connectivity index (χ0n) is 27.6. The van der Waals surface area contributed by atoms with Gasteiger partial charge in [0.2, 0.25) is 11.8 Å². The minimum Gasteiger partial charge on any atom is -0.479 e. The van der Waals surface area contributed by atoms with Crippen LogP contribution < -0.4 is 20.6 Å². The number of imidazole rings is 1. The fourth-order valence-electron chi connectivity index (χ4n) is 5.13. The summed E-state index contributed by atoms with van der Waals surface area (Å²) in [6.07, 6.45) is -2.24. The number of carbonyl (C=O) groups excluding carboxylic acids is 2. The maximum absolute atomic E-state index is 14.5. The maximum Gasteiger partial charge on any atom is 0.342 e. The number of nitrogens with one attached hydrogen (secondary N) is 2. The van der Waals surface area contributed by atoms with E-state index in [4.69, 9.17) is 29.2 Å². The van der Waals surface area contributed by atoms with Crippen LogP contribution in [0.15, 0.2) is 6.33 Å². The molecule has 17 nitrogen and oxygen atoms in total. The Morgan fingerprint density at radius 1 is 1.09 bits per heavy atom.